The summed E-state index contributed by atoms with van der Waals surface area (Å²) in [5, 5.41) is 13.2. The number of amides is 1. The lowest BCUT2D eigenvalue weighted by atomic mass is 9.94. The fraction of sp³-hybridized carbons (Fsp3) is 0.650. The number of carbonyl (C=O) groups excluding carboxylic acids is 1. The average molecular weight is 330 g/mol. The minimum atomic E-state index is 0.161. The molecule has 1 heterocycles. The molecule has 132 valence electrons. The van der Waals surface area contributed by atoms with E-state index < -0.39 is 0 Å². The molecule has 2 N–H and O–H groups in total. The van der Waals surface area contributed by atoms with Gasteiger partial charge >= 0.3 is 0 Å². The summed E-state index contributed by atoms with van der Waals surface area (Å²) in [5.41, 5.74) is 0.971. The quantitative estimate of drug-likeness (QED) is 0.832. The predicted molar refractivity (Wildman–Crippen MR) is 95.7 cm³/mol. The van der Waals surface area contributed by atoms with Crippen molar-refractivity contribution in [1.82, 2.24) is 10.2 Å². The molecular weight excluding hydrogens is 300 g/mol. The van der Waals surface area contributed by atoms with Crippen molar-refractivity contribution in [2.45, 2.75) is 64.0 Å². The summed E-state index contributed by atoms with van der Waals surface area (Å²) in [4.78, 5) is 14.9. The highest BCUT2D eigenvalue weighted by atomic mass is 16.3. The third-order valence-corrected chi connectivity index (χ3v) is 5.55. The molecule has 1 aromatic rings. The van der Waals surface area contributed by atoms with Crippen molar-refractivity contribution < 1.29 is 9.90 Å². The van der Waals surface area contributed by atoms with Crippen LogP contribution in [0.4, 0.5) is 0 Å². The maximum Gasteiger partial charge on any atom is 0.223 e. The average Bonchev–Trinajstić information content (AvgIpc) is 2.86. The highest BCUT2D eigenvalue weighted by Crippen LogP contribution is 2.24. The summed E-state index contributed by atoms with van der Waals surface area (Å²) >= 11 is 0. The van der Waals surface area contributed by atoms with E-state index in [0.29, 0.717) is 11.8 Å². The normalized spacial score (nSPS) is 21.3. The first-order chi connectivity index (χ1) is 11.7. The molecule has 1 aromatic carbocycles. The summed E-state index contributed by atoms with van der Waals surface area (Å²) in [6.07, 6.45) is 9.29. The zero-order chi connectivity index (χ0) is 16.8. The Morgan fingerprint density at radius 3 is 2.38 bits per heavy atom. The van der Waals surface area contributed by atoms with Gasteiger partial charge in [-0.05, 0) is 44.8 Å². The second-order valence-electron chi connectivity index (χ2n) is 7.38. The Balaban J connectivity index is 1.44. The Morgan fingerprint density at radius 2 is 1.71 bits per heavy atom. The van der Waals surface area contributed by atoms with Gasteiger partial charge in [0.1, 0.15) is 5.75 Å². The molecule has 1 aliphatic heterocycles. The van der Waals surface area contributed by atoms with E-state index in [1.165, 1.54) is 25.7 Å². The lowest BCUT2D eigenvalue weighted by molar-refractivity contribution is -0.127. The van der Waals surface area contributed by atoms with Crippen molar-refractivity contribution in [2.75, 3.05) is 13.1 Å². The molecule has 0 aromatic heterocycles. The number of likely N-dealkylation sites (tertiary alicyclic amines) is 1. The number of piperidine rings is 1. The maximum atomic E-state index is 12.5. The van der Waals surface area contributed by atoms with Crippen LogP contribution in [0.5, 0.6) is 5.75 Å². The fourth-order valence-corrected chi connectivity index (χ4v) is 3.98. The SMILES string of the molecule is O=C(NC1CCCCCC1)C1CCN(Cc2ccccc2O)CC1. The highest BCUT2D eigenvalue weighted by Gasteiger charge is 2.27. The number of phenolic OH excluding ortho intramolecular Hbond substituents is 1. The van der Waals surface area contributed by atoms with Crippen LogP contribution in [0.1, 0.15) is 56.9 Å². The minimum absolute atomic E-state index is 0.161. The van der Waals surface area contributed by atoms with Crippen LogP contribution in [0.15, 0.2) is 24.3 Å². The van der Waals surface area contributed by atoms with E-state index in [0.717, 1.165) is 50.9 Å². The van der Waals surface area contributed by atoms with Gasteiger partial charge in [-0.25, -0.2) is 0 Å². The number of rotatable bonds is 4. The molecule has 2 fully saturated rings. The van der Waals surface area contributed by atoms with Gasteiger partial charge in [0.05, 0.1) is 0 Å². The lowest BCUT2D eigenvalue weighted by Crippen LogP contribution is -2.43. The highest BCUT2D eigenvalue weighted by molar-refractivity contribution is 5.79. The largest absolute Gasteiger partial charge is 0.508 e. The van der Waals surface area contributed by atoms with E-state index in [9.17, 15) is 9.90 Å². The van der Waals surface area contributed by atoms with E-state index in [1.54, 1.807) is 6.07 Å². The summed E-state index contributed by atoms with van der Waals surface area (Å²) in [6, 6.07) is 7.92. The smallest absolute Gasteiger partial charge is 0.223 e. The number of nitrogens with zero attached hydrogens (tertiary/aromatic N) is 1. The molecule has 0 unspecified atom stereocenters. The Hall–Kier alpha value is -1.55. The Morgan fingerprint density at radius 1 is 1.04 bits per heavy atom. The van der Waals surface area contributed by atoms with Crippen LogP contribution in [-0.2, 0) is 11.3 Å². The van der Waals surface area contributed by atoms with E-state index >= 15 is 0 Å². The molecule has 1 amide bonds. The molecular formula is C20H30N2O2. The third kappa shape index (κ3) is 4.73. The van der Waals surface area contributed by atoms with Gasteiger partial charge in [-0.15, -0.1) is 0 Å². The Bertz CT molecular complexity index is 530. The van der Waals surface area contributed by atoms with Crippen LogP contribution in [0, 0.1) is 5.92 Å². The zero-order valence-electron chi connectivity index (χ0n) is 14.5. The molecule has 1 saturated heterocycles. The van der Waals surface area contributed by atoms with Crippen molar-refractivity contribution in [1.29, 1.82) is 0 Å². The van der Waals surface area contributed by atoms with E-state index in [2.05, 4.69) is 10.2 Å². The molecule has 3 rings (SSSR count). The molecule has 2 aliphatic rings. The van der Waals surface area contributed by atoms with Crippen LogP contribution in [-0.4, -0.2) is 35.0 Å². The Kier molecular flexibility index (Phi) is 6.13. The first-order valence-electron chi connectivity index (χ1n) is 9.52. The van der Waals surface area contributed by atoms with Gasteiger partial charge in [-0.1, -0.05) is 43.9 Å². The summed E-state index contributed by atoms with van der Waals surface area (Å²) in [5.74, 6) is 0.795. The molecule has 0 spiro atoms. The zero-order valence-corrected chi connectivity index (χ0v) is 14.5. The molecule has 0 bridgehead atoms. The van der Waals surface area contributed by atoms with Crippen LogP contribution in [0.25, 0.3) is 0 Å². The molecule has 4 nitrogen and oxygen atoms in total. The minimum Gasteiger partial charge on any atom is -0.508 e. The van der Waals surface area contributed by atoms with Crippen LogP contribution in [0.3, 0.4) is 0 Å². The topological polar surface area (TPSA) is 52.6 Å². The summed E-state index contributed by atoms with van der Waals surface area (Å²) < 4.78 is 0. The van der Waals surface area contributed by atoms with Gasteiger partial charge in [-0.2, -0.15) is 0 Å². The van der Waals surface area contributed by atoms with E-state index in [-0.39, 0.29) is 11.8 Å². The van der Waals surface area contributed by atoms with Gasteiger partial charge in [0.2, 0.25) is 5.91 Å². The molecule has 4 heteroatoms. The monoisotopic (exact) mass is 330 g/mol. The van der Waals surface area contributed by atoms with Gasteiger partial charge < -0.3 is 10.4 Å². The van der Waals surface area contributed by atoms with E-state index in [4.69, 9.17) is 0 Å². The van der Waals surface area contributed by atoms with Gasteiger partial charge in [0.15, 0.2) is 0 Å². The first-order valence-corrected chi connectivity index (χ1v) is 9.52. The molecule has 0 radical (unpaired) electrons. The van der Waals surface area contributed by atoms with Crippen molar-refractivity contribution in [3.63, 3.8) is 0 Å². The number of hydrogen-bond acceptors (Lipinski definition) is 3. The third-order valence-electron chi connectivity index (χ3n) is 5.55. The number of hydrogen-bond donors (Lipinski definition) is 2. The number of aromatic hydroxyl groups is 1. The first kappa shape index (κ1) is 17.3. The number of phenols is 1. The predicted octanol–water partition coefficient (Wildman–Crippen LogP) is 3.44. The molecule has 0 atom stereocenters. The number of nitrogens with one attached hydrogen (secondary N) is 1. The molecule has 24 heavy (non-hydrogen) atoms. The van der Waals surface area contributed by atoms with Crippen LogP contribution >= 0.6 is 0 Å². The van der Waals surface area contributed by atoms with E-state index in [1.807, 2.05) is 18.2 Å². The van der Waals surface area contributed by atoms with Crippen LogP contribution < -0.4 is 5.32 Å². The Labute approximate surface area is 145 Å². The molecule has 1 saturated carbocycles. The molecule has 1 aliphatic carbocycles. The number of para-hydroxylation sites is 1. The summed E-state index contributed by atoms with van der Waals surface area (Å²) in [6.45, 7) is 2.62. The van der Waals surface area contributed by atoms with Gasteiger partial charge in [0.25, 0.3) is 0 Å². The van der Waals surface area contributed by atoms with Crippen molar-refractivity contribution >= 4 is 5.91 Å². The standard InChI is InChI=1S/C20H30N2O2/c23-19-10-6-5-7-17(19)15-22-13-11-16(12-14-22)20(24)21-18-8-3-1-2-4-9-18/h5-7,10,16,18,23H,1-4,8-9,11-15H2,(H,21,24). The number of carbonyl (C=O) groups is 1. The lowest BCUT2D eigenvalue weighted by Gasteiger charge is -2.32. The maximum absolute atomic E-state index is 12.5. The van der Waals surface area contributed by atoms with Crippen LogP contribution in [0.2, 0.25) is 0 Å². The van der Waals surface area contributed by atoms with Crippen molar-refractivity contribution in [3.8, 4) is 5.75 Å². The second-order valence-corrected chi connectivity index (χ2v) is 7.38. The number of benzene rings is 1. The fourth-order valence-electron chi connectivity index (χ4n) is 3.98. The van der Waals surface area contributed by atoms with Gasteiger partial charge in [-0.3, -0.25) is 9.69 Å². The second kappa shape index (κ2) is 8.52. The van der Waals surface area contributed by atoms with Gasteiger partial charge in [0, 0.05) is 24.1 Å². The van der Waals surface area contributed by atoms with Crippen molar-refractivity contribution in [3.05, 3.63) is 29.8 Å². The summed E-state index contributed by atoms with van der Waals surface area (Å²) in [7, 11) is 0. The van der Waals surface area contributed by atoms with Crippen molar-refractivity contribution in [2.24, 2.45) is 5.92 Å².